The van der Waals surface area contributed by atoms with Crippen molar-refractivity contribution in [3.63, 3.8) is 0 Å². The lowest BCUT2D eigenvalue weighted by atomic mass is 10.1. The molecule has 1 heterocycles. The Morgan fingerprint density at radius 1 is 1.36 bits per heavy atom. The number of fused-ring (bicyclic) bond motifs is 1. The molecule has 0 aliphatic heterocycles. The molecule has 0 atom stereocenters. The molecule has 74 valence electrons. The summed E-state index contributed by atoms with van der Waals surface area (Å²) < 4.78 is 27.3. The van der Waals surface area contributed by atoms with Crippen LogP contribution in [0.15, 0.2) is 18.2 Å². The zero-order valence-electron chi connectivity index (χ0n) is 7.35. The minimum absolute atomic E-state index is 0.143. The van der Waals surface area contributed by atoms with Gasteiger partial charge in [0.1, 0.15) is 0 Å². The van der Waals surface area contributed by atoms with Crippen LogP contribution in [0.3, 0.4) is 0 Å². The molecule has 0 saturated carbocycles. The molecule has 4 heteroatoms. The molecule has 1 aromatic heterocycles. The highest BCUT2D eigenvalue weighted by Gasteiger charge is 2.14. The summed E-state index contributed by atoms with van der Waals surface area (Å²) in [5.74, 6) is 0. The van der Waals surface area contributed by atoms with E-state index in [9.17, 15) is 8.78 Å². The van der Waals surface area contributed by atoms with E-state index in [0.29, 0.717) is 5.39 Å². The summed E-state index contributed by atoms with van der Waals surface area (Å²) in [4.78, 5) is 0. The van der Waals surface area contributed by atoms with Gasteiger partial charge in [-0.3, -0.25) is 0 Å². The van der Waals surface area contributed by atoms with Crippen LogP contribution in [0.2, 0.25) is 0 Å². The first-order valence-electron chi connectivity index (χ1n) is 4.06. The van der Waals surface area contributed by atoms with Gasteiger partial charge in [0.2, 0.25) is 0 Å². The second-order valence-electron chi connectivity index (χ2n) is 3.07. The Morgan fingerprint density at radius 3 is 2.71 bits per heavy atom. The molecular formula is C10H7F2IS. The Kier molecular flexibility index (Phi) is 2.74. The van der Waals surface area contributed by atoms with Gasteiger partial charge in [-0.25, -0.2) is 8.78 Å². The van der Waals surface area contributed by atoms with E-state index >= 15 is 0 Å². The molecule has 0 spiro atoms. The Morgan fingerprint density at radius 2 is 2.07 bits per heavy atom. The highest BCUT2D eigenvalue weighted by molar-refractivity contribution is 14.1. The van der Waals surface area contributed by atoms with Crippen molar-refractivity contribution in [2.75, 3.05) is 0 Å². The molecule has 2 rings (SSSR count). The number of benzene rings is 1. The summed E-state index contributed by atoms with van der Waals surface area (Å²) in [5, 5.41) is 0.703. The number of alkyl halides is 2. The van der Waals surface area contributed by atoms with E-state index in [1.165, 1.54) is 6.07 Å². The fourth-order valence-corrected chi connectivity index (χ4v) is 3.30. The van der Waals surface area contributed by atoms with Crippen LogP contribution in [-0.4, -0.2) is 0 Å². The van der Waals surface area contributed by atoms with E-state index in [4.69, 9.17) is 0 Å². The largest absolute Gasteiger partial charge is 0.264 e. The predicted molar refractivity (Wildman–Crippen MR) is 64.2 cm³/mol. The zero-order valence-corrected chi connectivity index (χ0v) is 10.3. The molecule has 0 radical (unpaired) electrons. The minimum atomic E-state index is -2.39. The van der Waals surface area contributed by atoms with E-state index in [1.54, 1.807) is 17.4 Å². The van der Waals surface area contributed by atoms with Crippen molar-refractivity contribution < 1.29 is 8.78 Å². The molecule has 0 saturated heterocycles. The normalized spacial score (nSPS) is 11.5. The maximum absolute atomic E-state index is 12.6. The number of rotatable bonds is 1. The van der Waals surface area contributed by atoms with Crippen LogP contribution in [0, 0.1) is 9.81 Å². The Hall–Kier alpha value is -0.230. The number of aryl methyl sites for hydroxylation is 1. The molecular weight excluding hydrogens is 317 g/mol. The molecule has 0 amide bonds. The van der Waals surface area contributed by atoms with Gasteiger partial charge in [0.25, 0.3) is 6.43 Å². The average Bonchev–Trinajstić information content (AvgIpc) is 2.47. The first-order valence-corrected chi connectivity index (χ1v) is 5.96. The van der Waals surface area contributed by atoms with Crippen LogP contribution < -0.4 is 0 Å². The summed E-state index contributed by atoms with van der Waals surface area (Å²) in [6.45, 7) is 1.95. The lowest BCUT2D eigenvalue weighted by molar-refractivity contribution is 0.153. The number of hydrogen-bond acceptors (Lipinski definition) is 1. The number of hydrogen-bond donors (Lipinski definition) is 0. The molecule has 0 unspecified atom stereocenters. The van der Waals surface area contributed by atoms with Crippen LogP contribution in [-0.2, 0) is 0 Å². The van der Waals surface area contributed by atoms with E-state index in [1.807, 2.05) is 13.0 Å². The van der Waals surface area contributed by atoms with Gasteiger partial charge in [-0.05, 0) is 41.1 Å². The van der Waals surface area contributed by atoms with Crippen LogP contribution >= 0.6 is 33.9 Å². The van der Waals surface area contributed by atoms with Crippen LogP contribution in [0.4, 0.5) is 8.78 Å². The van der Waals surface area contributed by atoms with Crippen molar-refractivity contribution >= 4 is 44.0 Å². The SMILES string of the molecule is Cc1ccc(C(F)F)c2cc(I)sc12. The smallest absolute Gasteiger partial charge is 0.205 e. The third-order valence-corrected chi connectivity index (χ3v) is 4.15. The molecule has 0 fully saturated rings. The zero-order chi connectivity index (χ0) is 10.3. The van der Waals surface area contributed by atoms with E-state index in [0.717, 1.165) is 13.1 Å². The second-order valence-corrected chi connectivity index (χ2v) is 6.01. The quantitative estimate of drug-likeness (QED) is 0.664. The molecule has 0 bridgehead atoms. The van der Waals surface area contributed by atoms with Gasteiger partial charge in [0, 0.05) is 15.6 Å². The highest BCUT2D eigenvalue weighted by atomic mass is 127. The fourth-order valence-electron chi connectivity index (χ4n) is 1.44. The number of halogens is 3. The Bertz CT molecular complexity index is 476. The van der Waals surface area contributed by atoms with Gasteiger partial charge >= 0.3 is 0 Å². The third-order valence-electron chi connectivity index (χ3n) is 2.12. The maximum Gasteiger partial charge on any atom is 0.264 e. The monoisotopic (exact) mass is 324 g/mol. The van der Waals surface area contributed by atoms with E-state index in [-0.39, 0.29) is 5.56 Å². The molecule has 0 nitrogen and oxygen atoms in total. The van der Waals surface area contributed by atoms with Crippen LogP contribution in [0.25, 0.3) is 10.1 Å². The molecule has 0 N–H and O–H groups in total. The van der Waals surface area contributed by atoms with E-state index in [2.05, 4.69) is 22.6 Å². The van der Waals surface area contributed by atoms with Crippen molar-refractivity contribution in [3.05, 3.63) is 32.2 Å². The third kappa shape index (κ3) is 1.65. The van der Waals surface area contributed by atoms with Crippen LogP contribution in [0.5, 0.6) is 0 Å². The summed E-state index contributed by atoms with van der Waals surface area (Å²) in [5.41, 5.74) is 1.21. The lowest BCUT2D eigenvalue weighted by Crippen LogP contribution is -1.85. The molecule has 1 aromatic carbocycles. The highest BCUT2D eigenvalue weighted by Crippen LogP contribution is 2.35. The Labute approximate surface area is 98.1 Å². The van der Waals surface area contributed by atoms with Crippen molar-refractivity contribution in [1.82, 2.24) is 0 Å². The summed E-state index contributed by atoms with van der Waals surface area (Å²) in [7, 11) is 0. The van der Waals surface area contributed by atoms with Crippen molar-refractivity contribution in [3.8, 4) is 0 Å². The maximum atomic E-state index is 12.6. The van der Waals surface area contributed by atoms with Gasteiger partial charge in [0.15, 0.2) is 0 Å². The average molecular weight is 324 g/mol. The summed E-state index contributed by atoms with van der Waals surface area (Å²) in [6, 6.07) is 5.11. The standard InChI is InChI=1S/C10H7F2IS/c1-5-2-3-6(10(11)12)7-4-8(13)14-9(5)7/h2-4,10H,1H3. The van der Waals surface area contributed by atoms with Gasteiger partial charge in [-0.2, -0.15) is 0 Å². The molecule has 2 aromatic rings. The Balaban J connectivity index is 2.81. The van der Waals surface area contributed by atoms with Crippen molar-refractivity contribution in [2.24, 2.45) is 0 Å². The predicted octanol–water partition coefficient (Wildman–Crippen LogP) is 4.75. The van der Waals surface area contributed by atoms with Crippen molar-refractivity contribution in [1.29, 1.82) is 0 Å². The summed E-state index contributed by atoms with van der Waals surface area (Å²) >= 11 is 3.73. The molecule has 0 aliphatic carbocycles. The second kappa shape index (κ2) is 3.73. The molecule has 14 heavy (non-hydrogen) atoms. The number of thiophene rings is 1. The fraction of sp³-hybridized carbons (Fsp3) is 0.200. The first-order chi connectivity index (χ1) is 6.59. The topological polar surface area (TPSA) is 0 Å². The van der Waals surface area contributed by atoms with Crippen molar-refractivity contribution in [2.45, 2.75) is 13.3 Å². The van der Waals surface area contributed by atoms with Gasteiger partial charge in [-0.15, -0.1) is 11.3 Å². The van der Waals surface area contributed by atoms with Gasteiger partial charge < -0.3 is 0 Å². The lowest BCUT2D eigenvalue weighted by Gasteiger charge is -2.02. The van der Waals surface area contributed by atoms with Gasteiger partial charge in [-0.1, -0.05) is 12.1 Å². The van der Waals surface area contributed by atoms with E-state index < -0.39 is 6.43 Å². The minimum Gasteiger partial charge on any atom is -0.205 e. The first kappa shape index (κ1) is 10.3. The van der Waals surface area contributed by atoms with Crippen LogP contribution in [0.1, 0.15) is 17.6 Å². The molecule has 0 aliphatic rings. The summed E-state index contributed by atoms with van der Waals surface area (Å²) in [6.07, 6.45) is -2.39. The van der Waals surface area contributed by atoms with Gasteiger partial charge in [0.05, 0.1) is 2.88 Å².